The van der Waals surface area contributed by atoms with E-state index in [9.17, 15) is 0 Å². The Kier molecular flexibility index (Phi) is 2.87. The predicted octanol–water partition coefficient (Wildman–Crippen LogP) is 3.22. The van der Waals surface area contributed by atoms with Crippen molar-refractivity contribution in [1.82, 2.24) is 4.98 Å². The number of hydrogen-bond donors (Lipinski definition) is 2. The summed E-state index contributed by atoms with van der Waals surface area (Å²) in [6, 6.07) is 6.01. The first-order chi connectivity index (χ1) is 7.93. The third kappa shape index (κ3) is 2.15. The van der Waals surface area contributed by atoms with Gasteiger partial charge in [-0.3, -0.25) is 0 Å². The van der Waals surface area contributed by atoms with Crippen molar-refractivity contribution in [2.75, 3.05) is 7.11 Å². The molecule has 1 atom stereocenters. The van der Waals surface area contributed by atoms with Gasteiger partial charge in [-0.2, -0.15) is 0 Å². The zero-order valence-corrected chi connectivity index (χ0v) is 10.9. The van der Waals surface area contributed by atoms with Gasteiger partial charge in [0.15, 0.2) is 0 Å². The number of H-pyrrole nitrogens is 1. The average molecular weight is 232 g/mol. The Morgan fingerprint density at radius 3 is 2.59 bits per heavy atom. The molecule has 0 aliphatic heterocycles. The van der Waals surface area contributed by atoms with Crippen molar-refractivity contribution < 1.29 is 4.74 Å². The van der Waals surface area contributed by atoms with Gasteiger partial charge in [-0.05, 0) is 29.2 Å². The maximum absolute atomic E-state index is 6.31. The molecule has 0 radical (unpaired) electrons. The summed E-state index contributed by atoms with van der Waals surface area (Å²) in [6.07, 6.45) is 2.00. The second-order valence-electron chi connectivity index (χ2n) is 5.50. The van der Waals surface area contributed by atoms with E-state index >= 15 is 0 Å². The van der Waals surface area contributed by atoms with Gasteiger partial charge >= 0.3 is 0 Å². The van der Waals surface area contributed by atoms with Crippen LogP contribution in [0, 0.1) is 5.41 Å². The van der Waals surface area contributed by atoms with Crippen LogP contribution < -0.4 is 10.5 Å². The second kappa shape index (κ2) is 4.08. The van der Waals surface area contributed by atoms with Crippen LogP contribution >= 0.6 is 0 Å². The zero-order valence-electron chi connectivity index (χ0n) is 10.9. The number of methoxy groups -OCH3 is 1. The molecule has 0 spiro atoms. The summed E-state index contributed by atoms with van der Waals surface area (Å²) in [6.45, 7) is 6.45. The number of nitrogens with two attached hydrogens (primary N) is 1. The molecule has 2 rings (SSSR count). The molecule has 3 N–H and O–H groups in total. The molecular formula is C14H20N2O. The van der Waals surface area contributed by atoms with Crippen LogP contribution in [0.5, 0.6) is 5.75 Å². The summed E-state index contributed by atoms with van der Waals surface area (Å²) < 4.78 is 5.26. The molecule has 3 nitrogen and oxygen atoms in total. The second-order valence-corrected chi connectivity index (χ2v) is 5.50. The van der Waals surface area contributed by atoms with Crippen LogP contribution in [0.1, 0.15) is 32.4 Å². The number of benzene rings is 1. The number of aromatic amines is 1. The standard InChI is InChI=1S/C14H20N2O/c1-14(2,3)13(15)11-8-16-12-6-5-9(17-4)7-10(11)12/h5-8,13,16H,15H2,1-4H3/t13-/m0/s1. The first-order valence-corrected chi connectivity index (χ1v) is 5.84. The number of aromatic nitrogens is 1. The molecule has 2 aromatic rings. The zero-order chi connectivity index (χ0) is 12.6. The van der Waals surface area contributed by atoms with Crippen LogP contribution in [0.25, 0.3) is 10.9 Å². The van der Waals surface area contributed by atoms with Crippen LogP contribution in [0.3, 0.4) is 0 Å². The molecule has 1 heterocycles. The minimum absolute atomic E-state index is 0.00311. The third-order valence-corrected chi connectivity index (χ3v) is 3.19. The SMILES string of the molecule is COc1ccc2[nH]cc([C@H](N)C(C)(C)C)c2c1. The smallest absolute Gasteiger partial charge is 0.119 e. The van der Waals surface area contributed by atoms with Crippen molar-refractivity contribution in [2.24, 2.45) is 11.1 Å². The van der Waals surface area contributed by atoms with E-state index in [-0.39, 0.29) is 11.5 Å². The summed E-state index contributed by atoms with van der Waals surface area (Å²) in [7, 11) is 1.68. The highest BCUT2D eigenvalue weighted by Gasteiger charge is 2.24. The van der Waals surface area contributed by atoms with E-state index in [1.165, 1.54) is 0 Å². The Morgan fingerprint density at radius 2 is 2.00 bits per heavy atom. The van der Waals surface area contributed by atoms with E-state index in [4.69, 9.17) is 10.5 Å². The van der Waals surface area contributed by atoms with Gasteiger partial charge in [-0.1, -0.05) is 20.8 Å². The number of nitrogens with one attached hydrogen (secondary N) is 1. The van der Waals surface area contributed by atoms with Crippen LogP contribution in [0.2, 0.25) is 0 Å². The van der Waals surface area contributed by atoms with E-state index in [0.29, 0.717) is 0 Å². The molecule has 92 valence electrons. The maximum atomic E-state index is 6.31. The molecule has 0 aliphatic carbocycles. The molecule has 0 bridgehead atoms. The van der Waals surface area contributed by atoms with Gasteiger partial charge in [0, 0.05) is 23.1 Å². The van der Waals surface area contributed by atoms with E-state index in [1.807, 2.05) is 24.4 Å². The Bertz CT molecular complexity index is 522. The molecule has 1 aromatic heterocycles. The average Bonchev–Trinajstić information content (AvgIpc) is 2.69. The first-order valence-electron chi connectivity index (χ1n) is 5.84. The van der Waals surface area contributed by atoms with Crippen molar-refractivity contribution in [3.05, 3.63) is 30.0 Å². The van der Waals surface area contributed by atoms with Gasteiger partial charge < -0.3 is 15.5 Å². The van der Waals surface area contributed by atoms with Gasteiger partial charge in [0.25, 0.3) is 0 Å². The van der Waals surface area contributed by atoms with Gasteiger partial charge in [0.05, 0.1) is 7.11 Å². The van der Waals surface area contributed by atoms with Crippen molar-refractivity contribution in [1.29, 1.82) is 0 Å². The fourth-order valence-electron chi connectivity index (χ4n) is 1.97. The fraction of sp³-hybridized carbons (Fsp3) is 0.429. The van der Waals surface area contributed by atoms with Crippen LogP contribution in [0.15, 0.2) is 24.4 Å². The summed E-state index contributed by atoms with van der Waals surface area (Å²) >= 11 is 0. The Labute approximate surface area is 102 Å². The van der Waals surface area contributed by atoms with Crippen molar-refractivity contribution in [3.63, 3.8) is 0 Å². The molecule has 0 saturated heterocycles. The number of ether oxygens (including phenoxy) is 1. The number of rotatable bonds is 2. The predicted molar refractivity (Wildman–Crippen MR) is 71.2 cm³/mol. The molecule has 17 heavy (non-hydrogen) atoms. The van der Waals surface area contributed by atoms with Crippen molar-refractivity contribution in [3.8, 4) is 5.75 Å². The lowest BCUT2D eigenvalue weighted by molar-refractivity contribution is 0.328. The fourth-order valence-corrected chi connectivity index (χ4v) is 1.97. The van der Waals surface area contributed by atoms with E-state index < -0.39 is 0 Å². The monoisotopic (exact) mass is 232 g/mol. The van der Waals surface area contributed by atoms with E-state index in [0.717, 1.165) is 22.2 Å². The first kappa shape index (κ1) is 12.0. The highest BCUT2D eigenvalue weighted by Crippen LogP contribution is 2.35. The van der Waals surface area contributed by atoms with Gasteiger partial charge in [0.2, 0.25) is 0 Å². The Morgan fingerprint density at radius 1 is 1.29 bits per heavy atom. The third-order valence-electron chi connectivity index (χ3n) is 3.19. The van der Waals surface area contributed by atoms with Crippen molar-refractivity contribution >= 4 is 10.9 Å². The molecule has 1 aromatic carbocycles. The lowest BCUT2D eigenvalue weighted by atomic mass is 9.83. The van der Waals surface area contributed by atoms with Gasteiger partial charge in [0.1, 0.15) is 5.75 Å². The van der Waals surface area contributed by atoms with Gasteiger partial charge in [-0.25, -0.2) is 0 Å². The molecule has 0 fully saturated rings. The minimum atomic E-state index is 0.00311. The molecule has 0 aliphatic rings. The topological polar surface area (TPSA) is 51.0 Å². The summed E-state index contributed by atoms with van der Waals surface area (Å²) in [5, 5.41) is 1.15. The molecule has 0 saturated carbocycles. The molecule has 3 heteroatoms. The summed E-state index contributed by atoms with van der Waals surface area (Å²) in [5.74, 6) is 0.861. The highest BCUT2D eigenvalue weighted by molar-refractivity contribution is 5.85. The van der Waals surface area contributed by atoms with Crippen LogP contribution in [-0.4, -0.2) is 12.1 Å². The maximum Gasteiger partial charge on any atom is 0.119 e. The van der Waals surface area contributed by atoms with Crippen LogP contribution in [0.4, 0.5) is 0 Å². The van der Waals surface area contributed by atoms with E-state index in [1.54, 1.807) is 7.11 Å². The molecule has 0 amide bonds. The Balaban J connectivity index is 2.54. The minimum Gasteiger partial charge on any atom is -0.497 e. The quantitative estimate of drug-likeness (QED) is 0.835. The summed E-state index contributed by atoms with van der Waals surface area (Å²) in [5.41, 5.74) is 8.60. The largest absolute Gasteiger partial charge is 0.497 e. The lowest BCUT2D eigenvalue weighted by Gasteiger charge is -2.26. The van der Waals surface area contributed by atoms with Crippen molar-refractivity contribution in [2.45, 2.75) is 26.8 Å². The highest BCUT2D eigenvalue weighted by atomic mass is 16.5. The lowest BCUT2D eigenvalue weighted by Crippen LogP contribution is -2.25. The summed E-state index contributed by atoms with van der Waals surface area (Å²) in [4.78, 5) is 3.26. The Hall–Kier alpha value is -1.48. The van der Waals surface area contributed by atoms with E-state index in [2.05, 4.69) is 25.8 Å². The number of fused-ring (bicyclic) bond motifs is 1. The van der Waals surface area contributed by atoms with Crippen LogP contribution in [-0.2, 0) is 0 Å². The molecule has 0 unspecified atom stereocenters. The molecular weight excluding hydrogens is 212 g/mol. The van der Waals surface area contributed by atoms with Gasteiger partial charge in [-0.15, -0.1) is 0 Å². The number of hydrogen-bond acceptors (Lipinski definition) is 2. The normalized spacial score (nSPS) is 13.9.